The molecule has 2 rings (SSSR count). The van der Waals surface area contributed by atoms with Gasteiger partial charge < -0.3 is 14.8 Å². The first-order chi connectivity index (χ1) is 8.26. The molecule has 0 radical (unpaired) electrons. The van der Waals surface area contributed by atoms with Gasteiger partial charge >= 0.3 is 0 Å². The van der Waals surface area contributed by atoms with Gasteiger partial charge in [0.1, 0.15) is 5.75 Å². The summed E-state index contributed by atoms with van der Waals surface area (Å²) >= 11 is 3.55. The largest absolute Gasteiger partial charge is 0.496 e. The molecule has 1 aliphatic rings. The zero-order valence-corrected chi connectivity index (χ0v) is 11.8. The smallest absolute Gasteiger partial charge is 0.133 e. The fraction of sp³-hybridized carbons (Fsp3) is 0.538. The summed E-state index contributed by atoms with van der Waals surface area (Å²) in [5.74, 6) is 1.32. The molecule has 0 saturated carbocycles. The van der Waals surface area contributed by atoms with Crippen LogP contribution in [0.3, 0.4) is 0 Å². The molecule has 1 atom stereocenters. The highest BCUT2D eigenvalue weighted by atomic mass is 79.9. The molecule has 0 fully saturated rings. The number of fused-ring (bicyclic) bond motifs is 1. The SMILES string of the molecule is COCC1CNCCc2cc(OC)c(Br)cc21. The van der Waals surface area contributed by atoms with E-state index in [1.807, 2.05) is 0 Å². The first-order valence-electron chi connectivity index (χ1n) is 5.82. The van der Waals surface area contributed by atoms with E-state index < -0.39 is 0 Å². The summed E-state index contributed by atoms with van der Waals surface area (Å²) in [5, 5.41) is 3.45. The van der Waals surface area contributed by atoms with Crippen LogP contribution in [0.25, 0.3) is 0 Å². The molecule has 17 heavy (non-hydrogen) atoms. The molecule has 0 bridgehead atoms. The maximum atomic E-state index is 5.35. The van der Waals surface area contributed by atoms with E-state index in [-0.39, 0.29) is 0 Å². The van der Waals surface area contributed by atoms with Crippen molar-refractivity contribution in [2.24, 2.45) is 0 Å². The molecular weight excluding hydrogens is 282 g/mol. The van der Waals surface area contributed by atoms with Crippen LogP contribution in [0.4, 0.5) is 0 Å². The predicted octanol–water partition coefficient (Wildman–Crippen LogP) is 2.33. The molecular formula is C13H18BrNO2. The van der Waals surface area contributed by atoms with Gasteiger partial charge in [-0.1, -0.05) is 0 Å². The molecule has 3 nitrogen and oxygen atoms in total. The Kier molecular flexibility index (Phi) is 4.42. The minimum atomic E-state index is 0.416. The van der Waals surface area contributed by atoms with Crippen molar-refractivity contribution in [2.75, 3.05) is 33.9 Å². The second-order valence-corrected chi connectivity index (χ2v) is 5.15. The van der Waals surface area contributed by atoms with E-state index in [1.54, 1.807) is 14.2 Å². The normalized spacial score (nSPS) is 19.6. The maximum absolute atomic E-state index is 5.35. The highest BCUT2D eigenvalue weighted by molar-refractivity contribution is 9.10. The molecule has 1 aromatic carbocycles. The van der Waals surface area contributed by atoms with E-state index in [1.165, 1.54) is 11.1 Å². The minimum Gasteiger partial charge on any atom is -0.496 e. The molecule has 0 aliphatic carbocycles. The molecule has 94 valence electrons. The summed E-state index contributed by atoms with van der Waals surface area (Å²) < 4.78 is 11.7. The molecule has 4 heteroatoms. The van der Waals surface area contributed by atoms with Crippen LogP contribution in [0.1, 0.15) is 17.0 Å². The van der Waals surface area contributed by atoms with Gasteiger partial charge in [-0.2, -0.15) is 0 Å². The van der Waals surface area contributed by atoms with Crippen LogP contribution >= 0.6 is 15.9 Å². The Morgan fingerprint density at radius 1 is 1.41 bits per heavy atom. The van der Waals surface area contributed by atoms with Crippen molar-refractivity contribution in [3.63, 3.8) is 0 Å². The topological polar surface area (TPSA) is 30.5 Å². The fourth-order valence-electron chi connectivity index (χ4n) is 2.32. The third kappa shape index (κ3) is 2.81. The second-order valence-electron chi connectivity index (χ2n) is 4.29. The lowest BCUT2D eigenvalue weighted by Crippen LogP contribution is -2.22. The molecule has 0 amide bonds. The highest BCUT2D eigenvalue weighted by Gasteiger charge is 2.20. The fourth-order valence-corrected chi connectivity index (χ4v) is 2.85. The van der Waals surface area contributed by atoms with E-state index in [0.29, 0.717) is 5.92 Å². The third-order valence-corrected chi connectivity index (χ3v) is 3.80. The summed E-state index contributed by atoms with van der Waals surface area (Å²) in [4.78, 5) is 0. The highest BCUT2D eigenvalue weighted by Crippen LogP contribution is 2.33. The minimum absolute atomic E-state index is 0.416. The molecule has 1 aliphatic heterocycles. The lowest BCUT2D eigenvalue weighted by molar-refractivity contribution is 0.178. The van der Waals surface area contributed by atoms with Crippen molar-refractivity contribution in [2.45, 2.75) is 12.3 Å². The lowest BCUT2D eigenvalue weighted by Gasteiger charge is -2.18. The van der Waals surface area contributed by atoms with E-state index in [2.05, 4.69) is 33.4 Å². The standard InChI is InChI=1S/C13H18BrNO2/c1-16-8-10-7-15-4-3-9-5-13(17-2)12(14)6-11(9)10/h5-6,10,15H,3-4,7-8H2,1-2H3. The van der Waals surface area contributed by atoms with Gasteiger partial charge in [0.05, 0.1) is 18.2 Å². The van der Waals surface area contributed by atoms with Gasteiger partial charge in [0.25, 0.3) is 0 Å². The number of nitrogens with one attached hydrogen (secondary N) is 1. The Balaban J connectivity index is 2.39. The summed E-state index contributed by atoms with van der Waals surface area (Å²) in [5.41, 5.74) is 2.72. The van der Waals surface area contributed by atoms with Gasteiger partial charge in [0.2, 0.25) is 0 Å². The molecule has 1 unspecified atom stereocenters. The average molecular weight is 300 g/mol. The van der Waals surface area contributed by atoms with Crippen LogP contribution in [0, 0.1) is 0 Å². The lowest BCUT2D eigenvalue weighted by atomic mass is 9.94. The number of hydrogen-bond acceptors (Lipinski definition) is 3. The van der Waals surface area contributed by atoms with Crippen LogP contribution in [0.15, 0.2) is 16.6 Å². The summed E-state index contributed by atoms with van der Waals surface area (Å²) in [6.07, 6.45) is 1.04. The zero-order valence-electron chi connectivity index (χ0n) is 10.3. The van der Waals surface area contributed by atoms with Crippen molar-refractivity contribution >= 4 is 15.9 Å². The van der Waals surface area contributed by atoms with Crippen molar-refractivity contribution in [3.8, 4) is 5.75 Å². The third-order valence-electron chi connectivity index (χ3n) is 3.18. The number of methoxy groups -OCH3 is 2. The van der Waals surface area contributed by atoms with Gasteiger partial charge in [-0.25, -0.2) is 0 Å². The summed E-state index contributed by atoms with van der Waals surface area (Å²) in [7, 11) is 3.46. The number of ether oxygens (including phenoxy) is 2. The van der Waals surface area contributed by atoms with Gasteiger partial charge in [0, 0.05) is 19.6 Å². The van der Waals surface area contributed by atoms with Gasteiger partial charge in [-0.3, -0.25) is 0 Å². The molecule has 1 heterocycles. The predicted molar refractivity (Wildman–Crippen MR) is 71.9 cm³/mol. The van der Waals surface area contributed by atoms with Crippen LogP contribution in [-0.2, 0) is 11.2 Å². The number of hydrogen-bond donors (Lipinski definition) is 1. The second kappa shape index (κ2) is 5.85. The summed E-state index contributed by atoms with van der Waals surface area (Å²) in [6, 6.07) is 4.31. The number of halogens is 1. The van der Waals surface area contributed by atoms with Crippen molar-refractivity contribution in [1.29, 1.82) is 0 Å². The Hall–Kier alpha value is -0.580. The van der Waals surface area contributed by atoms with Crippen LogP contribution in [0.2, 0.25) is 0 Å². The zero-order chi connectivity index (χ0) is 12.3. The molecule has 1 N–H and O–H groups in total. The molecule has 1 aromatic rings. The quantitative estimate of drug-likeness (QED) is 0.929. The molecule has 0 saturated heterocycles. The van der Waals surface area contributed by atoms with Crippen LogP contribution in [-0.4, -0.2) is 33.9 Å². The molecule has 0 aromatic heterocycles. The first-order valence-corrected chi connectivity index (χ1v) is 6.61. The van der Waals surface area contributed by atoms with Crippen molar-refractivity contribution in [3.05, 3.63) is 27.7 Å². The Morgan fingerprint density at radius 3 is 2.94 bits per heavy atom. The van der Waals surface area contributed by atoms with E-state index in [0.717, 1.165) is 36.3 Å². The molecule has 0 spiro atoms. The van der Waals surface area contributed by atoms with Crippen molar-refractivity contribution in [1.82, 2.24) is 5.32 Å². The van der Waals surface area contributed by atoms with Crippen LogP contribution in [0.5, 0.6) is 5.75 Å². The van der Waals surface area contributed by atoms with Crippen molar-refractivity contribution < 1.29 is 9.47 Å². The Labute approximate surface area is 111 Å². The number of rotatable bonds is 3. The van der Waals surface area contributed by atoms with E-state index in [9.17, 15) is 0 Å². The van der Waals surface area contributed by atoms with E-state index >= 15 is 0 Å². The average Bonchev–Trinajstić information content (AvgIpc) is 2.52. The van der Waals surface area contributed by atoms with Gasteiger partial charge in [-0.15, -0.1) is 0 Å². The van der Waals surface area contributed by atoms with E-state index in [4.69, 9.17) is 9.47 Å². The Bertz CT molecular complexity index is 395. The maximum Gasteiger partial charge on any atom is 0.133 e. The summed E-state index contributed by atoms with van der Waals surface area (Å²) in [6.45, 7) is 2.73. The van der Waals surface area contributed by atoms with Gasteiger partial charge in [0.15, 0.2) is 0 Å². The Morgan fingerprint density at radius 2 is 2.24 bits per heavy atom. The monoisotopic (exact) mass is 299 g/mol. The number of benzene rings is 1. The van der Waals surface area contributed by atoms with Crippen LogP contribution < -0.4 is 10.1 Å². The first kappa shape index (κ1) is 12.9. The van der Waals surface area contributed by atoms with Gasteiger partial charge in [-0.05, 0) is 52.2 Å².